The first-order valence-electron chi connectivity index (χ1n) is 31.6. The van der Waals surface area contributed by atoms with Gasteiger partial charge in [-0.05, 0) is 96.3 Å². The molecule has 0 spiro atoms. The molecule has 0 radical (unpaired) electrons. The summed E-state index contributed by atoms with van der Waals surface area (Å²) in [5.74, 6) is -0.881. The van der Waals surface area contributed by atoms with Gasteiger partial charge in [0.05, 0.1) is 0 Å². The zero-order valence-corrected chi connectivity index (χ0v) is 48.8. The summed E-state index contributed by atoms with van der Waals surface area (Å²) in [7, 11) is 0. The lowest BCUT2D eigenvalue weighted by Gasteiger charge is -2.18. The topological polar surface area (TPSA) is 78.9 Å². The molecule has 6 heteroatoms. The van der Waals surface area contributed by atoms with Crippen LogP contribution in [0.5, 0.6) is 0 Å². The van der Waals surface area contributed by atoms with Gasteiger partial charge in [-0.2, -0.15) is 0 Å². The van der Waals surface area contributed by atoms with Gasteiger partial charge in [-0.1, -0.05) is 279 Å². The van der Waals surface area contributed by atoms with E-state index in [0.29, 0.717) is 19.3 Å². The van der Waals surface area contributed by atoms with Gasteiger partial charge in [0.15, 0.2) is 6.10 Å². The molecule has 0 bridgehead atoms. The molecule has 0 amide bonds. The van der Waals surface area contributed by atoms with Crippen LogP contribution in [-0.2, 0) is 28.6 Å². The van der Waals surface area contributed by atoms with Crippen molar-refractivity contribution >= 4 is 17.9 Å². The van der Waals surface area contributed by atoms with Crippen LogP contribution in [-0.4, -0.2) is 37.2 Å². The van der Waals surface area contributed by atoms with E-state index in [1.807, 2.05) is 0 Å². The maximum absolute atomic E-state index is 12.9. The van der Waals surface area contributed by atoms with Gasteiger partial charge in [-0.15, -0.1) is 0 Å². The van der Waals surface area contributed by atoms with Crippen molar-refractivity contribution in [3.63, 3.8) is 0 Å². The highest BCUT2D eigenvalue weighted by molar-refractivity contribution is 5.71. The van der Waals surface area contributed by atoms with Crippen LogP contribution in [0, 0.1) is 0 Å². The van der Waals surface area contributed by atoms with E-state index in [0.717, 1.165) is 103 Å². The molecule has 0 heterocycles. The summed E-state index contributed by atoms with van der Waals surface area (Å²) in [6.07, 6.45) is 81.6. The zero-order chi connectivity index (χ0) is 53.6. The Balaban J connectivity index is 4.28. The fourth-order valence-electron chi connectivity index (χ4n) is 8.91. The SMILES string of the molecule is CC/C=C\C/C=C\C/C=C\C/C=C\CCCCCCCCCCCCC(=O)OCC(COC(=O)CCCCCCCCCCCC)OC(=O)CCCCCCCCCC/C=C\C/C=C\C/C=C\CCCCCCC. The number of carbonyl (C=O) groups excluding carboxylic acids is 3. The smallest absolute Gasteiger partial charge is 0.306 e. The highest BCUT2D eigenvalue weighted by atomic mass is 16.6. The van der Waals surface area contributed by atoms with E-state index in [1.165, 1.54) is 167 Å². The third-order valence-corrected chi connectivity index (χ3v) is 13.6. The van der Waals surface area contributed by atoms with E-state index in [4.69, 9.17) is 14.2 Å². The van der Waals surface area contributed by atoms with Crippen molar-refractivity contribution in [2.45, 2.75) is 316 Å². The number of ether oxygens (including phenoxy) is 3. The Morgan fingerprint density at radius 3 is 0.824 bits per heavy atom. The molecule has 0 aromatic carbocycles. The molecule has 0 saturated heterocycles. The van der Waals surface area contributed by atoms with E-state index in [2.05, 4.69) is 106 Å². The summed E-state index contributed by atoms with van der Waals surface area (Å²) in [5, 5.41) is 0. The summed E-state index contributed by atoms with van der Waals surface area (Å²) in [6.45, 7) is 6.52. The number of allylic oxidation sites excluding steroid dienone is 14. The average molecular weight is 1030 g/mol. The molecule has 0 aliphatic carbocycles. The average Bonchev–Trinajstić information content (AvgIpc) is 3.40. The van der Waals surface area contributed by atoms with Crippen LogP contribution >= 0.6 is 0 Å². The Bertz CT molecular complexity index is 1420. The summed E-state index contributed by atoms with van der Waals surface area (Å²) in [6, 6.07) is 0. The fraction of sp³-hybridized carbons (Fsp3) is 0.750. The third-order valence-electron chi connectivity index (χ3n) is 13.6. The molecule has 0 aromatic heterocycles. The van der Waals surface area contributed by atoms with Crippen LogP contribution in [0.25, 0.3) is 0 Å². The Labute approximate surface area is 458 Å². The van der Waals surface area contributed by atoms with E-state index in [-0.39, 0.29) is 31.1 Å². The molecule has 74 heavy (non-hydrogen) atoms. The fourth-order valence-corrected chi connectivity index (χ4v) is 8.91. The van der Waals surface area contributed by atoms with Crippen molar-refractivity contribution in [3.8, 4) is 0 Å². The predicted molar refractivity (Wildman–Crippen MR) is 321 cm³/mol. The predicted octanol–water partition coefficient (Wildman–Crippen LogP) is 21.5. The lowest BCUT2D eigenvalue weighted by Crippen LogP contribution is -2.30. The third kappa shape index (κ3) is 59.5. The number of hydrogen-bond donors (Lipinski definition) is 0. The van der Waals surface area contributed by atoms with Gasteiger partial charge in [0, 0.05) is 19.3 Å². The van der Waals surface area contributed by atoms with Crippen LogP contribution in [0.15, 0.2) is 85.1 Å². The second-order valence-electron chi connectivity index (χ2n) is 20.9. The Hall–Kier alpha value is -3.41. The number of rotatable bonds is 57. The first-order chi connectivity index (χ1) is 36.5. The summed E-state index contributed by atoms with van der Waals surface area (Å²) in [5.41, 5.74) is 0. The summed E-state index contributed by atoms with van der Waals surface area (Å²) < 4.78 is 16.9. The number of hydrogen-bond acceptors (Lipinski definition) is 6. The van der Waals surface area contributed by atoms with E-state index < -0.39 is 6.10 Å². The van der Waals surface area contributed by atoms with Crippen molar-refractivity contribution in [2.24, 2.45) is 0 Å². The number of unbranched alkanes of at least 4 members (excludes halogenated alkanes) is 32. The Morgan fingerprint density at radius 1 is 0.284 bits per heavy atom. The minimum absolute atomic E-state index is 0.0784. The van der Waals surface area contributed by atoms with Gasteiger partial charge in [-0.3, -0.25) is 14.4 Å². The van der Waals surface area contributed by atoms with E-state index in [9.17, 15) is 14.4 Å². The first kappa shape index (κ1) is 70.6. The molecule has 0 N–H and O–H groups in total. The second-order valence-corrected chi connectivity index (χ2v) is 20.9. The largest absolute Gasteiger partial charge is 0.462 e. The lowest BCUT2D eigenvalue weighted by atomic mass is 10.1. The molecule has 0 aromatic rings. The minimum Gasteiger partial charge on any atom is -0.462 e. The van der Waals surface area contributed by atoms with Gasteiger partial charge >= 0.3 is 17.9 Å². The van der Waals surface area contributed by atoms with Crippen molar-refractivity contribution < 1.29 is 28.6 Å². The molecule has 0 rings (SSSR count). The lowest BCUT2D eigenvalue weighted by molar-refractivity contribution is -0.167. The standard InChI is InChI=1S/C68H118O6/c1-4-7-10-13-16-19-22-24-26-28-30-32-34-36-38-40-42-44-46-49-52-55-58-61-67(70)73-64-65(63-72-66(69)60-57-54-51-48-21-18-15-12-9-6-3)74-68(71)62-59-56-53-50-47-45-43-41-39-37-35-33-31-29-27-25-23-20-17-14-11-8-5-2/h7,10,16,19,23-26,29-32,35,37,65H,4-6,8-9,11-15,17-18,20-22,27-28,33-34,36,38-64H2,1-3H3/b10-7-,19-16-,25-23-,26-24-,31-29-,32-30-,37-35-. The van der Waals surface area contributed by atoms with Crippen LogP contribution in [0.3, 0.4) is 0 Å². The van der Waals surface area contributed by atoms with Gasteiger partial charge in [0.2, 0.25) is 0 Å². The highest BCUT2D eigenvalue weighted by Crippen LogP contribution is 2.16. The van der Waals surface area contributed by atoms with Crippen molar-refractivity contribution in [1.29, 1.82) is 0 Å². The van der Waals surface area contributed by atoms with Crippen LogP contribution in [0.2, 0.25) is 0 Å². The molecule has 1 atom stereocenters. The maximum atomic E-state index is 12.9. The summed E-state index contributed by atoms with van der Waals surface area (Å²) >= 11 is 0. The first-order valence-corrected chi connectivity index (χ1v) is 31.6. The van der Waals surface area contributed by atoms with E-state index in [1.54, 1.807) is 0 Å². The monoisotopic (exact) mass is 1030 g/mol. The molecule has 426 valence electrons. The van der Waals surface area contributed by atoms with Gasteiger partial charge in [0.1, 0.15) is 13.2 Å². The van der Waals surface area contributed by atoms with Gasteiger partial charge in [0.25, 0.3) is 0 Å². The van der Waals surface area contributed by atoms with Gasteiger partial charge < -0.3 is 14.2 Å². The minimum atomic E-state index is -0.781. The van der Waals surface area contributed by atoms with Gasteiger partial charge in [-0.25, -0.2) is 0 Å². The van der Waals surface area contributed by atoms with Crippen molar-refractivity contribution in [2.75, 3.05) is 13.2 Å². The van der Waals surface area contributed by atoms with Crippen LogP contribution in [0.1, 0.15) is 310 Å². The Morgan fingerprint density at radius 2 is 0.527 bits per heavy atom. The number of esters is 3. The highest BCUT2D eigenvalue weighted by Gasteiger charge is 2.19. The molecule has 0 fully saturated rings. The molecule has 1 unspecified atom stereocenters. The Kier molecular flexibility index (Phi) is 59.3. The molecule has 0 aliphatic rings. The van der Waals surface area contributed by atoms with Crippen LogP contribution < -0.4 is 0 Å². The van der Waals surface area contributed by atoms with Crippen molar-refractivity contribution in [3.05, 3.63) is 85.1 Å². The molecule has 0 saturated carbocycles. The molecule has 0 aliphatic heterocycles. The van der Waals surface area contributed by atoms with Crippen LogP contribution in [0.4, 0.5) is 0 Å². The van der Waals surface area contributed by atoms with Crippen molar-refractivity contribution in [1.82, 2.24) is 0 Å². The van der Waals surface area contributed by atoms with E-state index >= 15 is 0 Å². The molecular weight excluding hydrogens is 913 g/mol. The summed E-state index contributed by atoms with van der Waals surface area (Å²) in [4.78, 5) is 38.2. The normalized spacial score (nSPS) is 12.6. The molecular formula is C68H118O6. The number of carbonyl (C=O) groups is 3. The maximum Gasteiger partial charge on any atom is 0.306 e. The quantitative estimate of drug-likeness (QED) is 0.0261. The second kappa shape index (κ2) is 62.1. The molecule has 6 nitrogen and oxygen atoms in total. The zero-order valence-electron chi connectivity index (χ0n) is 48.8.